The number of halogens is 1. The van der Waals surface area contributed by atoms with Crippen LogP contribution >= 0.6 is 15.9 Å². The fraction of sp³-hybridized carbons (Fsp3) is 0.235. The Morgan fingerprint density at radius 3 is 2.60 bits per heavy atom. The molecule has 1 amide bonds. The topological polar surface area (TPSA) is 29.1 Å². The zero-order valence-electron chi connectivity index (χ0n) is 11.5. The number of hydrogen-bond donors (Lipinski definition) is 1. The first-order chi connectivity index (χ1) is 9.67. The Labute approximate surface area is 128 Å². The SMILES string of the molecule is Cc1cccc(CCC(=O)Nc2cccc(CBr)c2)c1. The summed E-state index contributed by atoms with van der Waals surface area (Å²) in [6, 6.07) is 16.2. The molecule has 0 fully saturated rings. The normalized spacial score (nSPS) is 10.3. The highest BCUT2D eigenvalue weighted by molar-refractivity contribution is 9.08. The number of rotatable bonds is 5. The minimum absolute atomic E-state index is 0.0539. The summed E-state index contributed by atoms with van der Waals surface area (Å²) in [6.07, 6.45) is 1.27. The van der Waals surface area contributed by atoms with Gasteiger partial charge in [0.25, 0.3) is 0 Å². The number of hydrogen-bond acceptors (Lipinski definition) is 1. The van der Waals surface area contributed by atoms with Crippen LogP contribution in [0.2, 0.25) is 0 Å². The molecule has 0 heterocycles. The highest BCUT2D eigenvalue weighted by atomic mass is 79.9. The summed E-state index contributed by atoms with van der Waals surface area (Å²) in [5.41, 5.74) is 4.44. The molecule has 2 nitrogen and oxygen atoms in total. The molecular weight excluding hydrogens is 314 g/mol. The number of alkyl halides is 1. The smallest absolute Gasteiger partial charge is 0.224 e. The number of carbonyl (C=O) groups is 1. The van der Waals surface area contributed by atoms with Crippen LogP contribution in [0, 0.1) is 6.92 Å². The van der Waals surface area contributed by atoms with E-state index in [0.29, 0.717) is 6.42 Å². The van der Waals surface area contributed by atoms with Crippen LogP contribution in [0.4, 0.5) is 5.69 Å². The monoisotopic (exact) mass is 331 g/mol. The molecule has 0 aliphatic heterocycles. The van der Waals surface area contributed by atoms with Crippen LogP contribution in [0.5, 0.6) is 0 Å². The summed E-state index contributed by atoms with van der Waals surface area (Å²) in [7, 11) is 0. The van der Waals surface area contributed by atoms with Gasteiger partial charge < -0.3 is 5.32 Å². The van der Waals surface area contributed by atoms with E-state index in [2.05, 4.69) is 46.4 Å². The van der Waals surface area contributed by atoms with Crippen molar-refractivity contribution in [1.29, 1.82) is 0 Å². The van der Waals surface area contributed by atoms with Crippen LogP contribution in [0.25, 0.3) is 0 Å². The van der Waals surface area contributed by atoms with Crippen molar-refractivity contribution < 1.29 is 4.79 Å². The molecule has 104 valence electrons. The van der Waals surface area contributed by atoms with E-state index in [-0.39, 0.29) is 5.91 Å². The van der Waals surface area contributed by atoms with Gasteiger partial charge in [0.1, 0.15) is 0 Å². The fourth-order valence-electron chi connectivity index (χ4n) is 2.08. The third-order valence-electron chi connectivity index (χ3n) is 3.09. The Morgan fingerprint density at radius 2 is 1.85 bits per heavy atom. The molecule has 3 heteroatoms. The van der Waals surface area contributed by atoms with Crippen molar-refractivity contribution in [1.82, 2.24) is 0 Å². The molecular formula is C17H18BrNO. The van der Waals surface area contributed by atoms with Gasteiger partial charge in [-0.05, 0) is 36.6 Å². The Bertz CT molecular complexity index is 595. The zero-order valence-corrected chi connectivity index (χ0v) is 13.1. The Balaban J connectivity index is 1.89. The Hall–Kier alpha value is -1.61. The van der Waals surface area contributed by atoms with Gasteiger partial charge in [-0.2, -0.15) is 0 Å². The number of amides is 1. The van der Waals surface area contributed by atoms with Crippen molar-refractivity contribution in [2.75, 3.05) is 5.32 Å². The molecule has 1 N–H and O–H groups in total. The lowest BCUT2D eigenvalue weighted by molar-refractivity contribution is -0.116. The van der Waals surface area contributed by atoms with E-state index < -0.39 is 0 Å². The van der Waals surface area contributed by atoms with E-state index in [1.165, 1.54) is 11.1 Å². The second-order valence-electron chi connectivity index (χ2n) is 4.87. The number of carbonyl (C=O) groups excluding carboxylic acids is 1. The van der Waals surface area contributed by atoms with Crippen LogP contribution in [-0.2, 0) is 16.5 Å². The maximum atomic E-state index is 11.9. The molecule has 2 aromatic carbocycles. The quantitative estimate of drug-likeness (QED) is 0.805. The van der Waals surface area contributed by atoms with Crippen LogP contribution in [0.1, 0.15) is 23.1 Å². The van der Waals surface area contributed by atoms with Crippen molar-refractivity contribution in [2.24, 2.45) is 0 Å². The first-order valence-corrected chi connectivity index (χ1v) is 7.80. The predicted octanol–water partition coefficient (Wildman–Crippen LogP) is 4.46. The summed E-state index contributed by atoms with van der Waals surface area (Å²) < 4.78 is 0. The van der Waals surface area contributed by atoms with Crippen LogP contribution in [-0.4, -0.2) is 5.91 Å². The predicted molar refractivity (Wildman–Crippen MR) is 87.2 cm³/mol. The number of nitrogens with one attached hydrogen (secondary N) is 1. The Morgan fingerprint density at radius 1 is 1.10 bits per heavy atom. The lowest BCUT2D eigenvalue weighted by Gasteiger charge is -2.07. The molecule has 0 atom stereocenters. The van der Waals surface area contributed by atoms with Crippen LogP contribution in [0.15, 0.2) is 48.5 Å². The van der Waals surface area contributed by atoms with Crippen molar-refractivity contribution in [3.05, 3.63) is 65.2 Å². The van der Waals surface area contributed by atoms with E-state index in [1.807, 2.05) is 30.3 Å². The Kier molecular flexibility index (Phi) is 5.36. The summed E-state index contributed by atoms with van der Waals surface area (Å²) in [5, 5.41) is 3.73. The minimum Gasteiger partial charge on any atom is -0.326 e. The largest absolute Gasteiger partial charge is 0.326 e. The van der Waals surface area contributed by atoms with E-state index in [0.717, 1.165) is 23.0 Å². The molecule has 0 aliphatic carbocycles. The summed E-state index contributed by atoms with van der Waals surface area (Å²) >= 11 is 3.41. The van der Waals surface area contributed by atoms with Gasteiger partial charge in [0.2, 0.25) is 5.91 Å². The number of benzene rings is 2. The molecule has 0 bridgehead atoms. The van der Waals surface area contributed by atoms with Gasteiger partial charge in [0, 0.05) is 17.4 Å². The number of aryl methyl sites for hydroxylation is 2. The first-order valence-electron chi connectivity index (χ1n) is 6.67. The molecule has 0 aromatic heterocycles. The number of anilines is 1. The van der Waals surface area contributed by atoms with Gasteiger partial charge >= 0.3 is 0 Å². The molecule has 0 radical (unpaired) electrons. The summed E-state index contributed by atoms with van der Waals surface area (Å²) in [5.74, 6) is 0.0539. The molecule has 2 aromatic rings. The molecule has 0 saturated heterocycles. The maximum absolute atomic E-state index is 11.9. The van der Waals surface area contributed by atoms with Crippen LogP contribution in [0.3, 0.4) is 0 Å². The van der Waals surface area contributed by atoms with Gasteiger partial charge in [-0.15, -0.1) is 0 Å². The van der Waals surface area contributed by atoms with E-state index in [1.54, 1.807) is 0 Å². The highest BCUT2D eigenvalue weighted by Gasteiger charge is 2.04. The van der Waals surface area contributed by atoms with Crippen LogP contribution < -0.4 is 5.32 Å². The summed E-state index contributed by atoms with van der Waals surface area (Å²) in [6.45, 7) is 2.06. The molecule has 20 heavy (non-hydrogen) atoms. The third-order valence-corrected chi connectivity index (χ3v) is 3.74. The minimum atomic E-state index is 0.0539. The van der Waals surface area contributed by atoms with Gasteiger partial charge in [0.05, 0.1) is 0 Å². The molecule has 2 rings (SSSR count). The van der Waals surface area contributed by atoms with Crippen molar-refractivity contribution in [2.45, 2.75) is 25.1 Å². The van der Waals surface area contributed by atoms with E-state index in [9.17, 15) is 4.79 Å². The average Bonchev–Trinajstić information content (AvgIpc) is 2.45. The van der Waals surface area contributed by atoms with Gasteiger partial charge in [-0.3, -0.25) is 4.79 Å². The lowest BCUT2D eigenvalue weighted by Crippen LogP contribution is -2.12. The molecule has 0 spiro atoms. The van der Waals surface area contributed by atoms with Crippen molar-refractivity contribution in [3.63, 3.8) is 0 Å². The fourth-order valence-corrected chi connectivity index (χ4v) is 2.43. The lowest BCUT2D eigenvalue weighted by atomic mass is 10.1. The third kappa shape index (κ3) is 4.49. The molecule has 0 aliphatic rings. The first kappa shape index (κ1) is 14.8. The van der Waals surface area contributed by atoms with Crippen molar-refractivity contribution >= 4 is 27.5 Å². The maximum Gasteiger partial charge on any atom is 0.224 e. The standard InChI is InChI=1S/C17H18BrNO/c1-13-4-2-5-14(10-13)8-9-17(20)19-16-7-3-6-15(11-16)12-18/h2-7,10-11H,8-9,12H2,1H3,(H,19,20). The molecule has 0 unspecified atom stereocenters. The highest BCUT2D eigenvalue weighted by Crippen LogP contribution is 2.14. The van der Waals surface area contributed by atoms with Gasteiger partial charge in [-0.25, -0.2) is 0 Å². The van der Waals surface area contributed by atoms with E-state index in [4.69, 9.17) is 0 Å². The second kappa shape index (κ2) is 7.25. The average molecular weight is 332 g/mol. The molecule has 0 saturated carbocycles. The van der Waals surface area contributed by atoms with Gasteiger partial charge in [-0.1, -0.05) is 57.9 Å². The van der Waals surface area contributed by atoms with Crippen molar-refractivity contribution in [3.8, 4) is 0 Å². The van der Waals surface area contributed by atoms with Gasteiger partial charge in [0.15, 0.2) is 0 Å². The zero-order chi connectivity index (χ0) is 14.4. The second-order valence-corrected chi connectivity index (χ2v) is 5.43. The summed E-state index contributed by atoms with van der Waals surface area (Å²) in [4.78, 5) is 11.9. The van der Waals surface area contributed by atoms with E-state index >= 15 is 0 Å².